The van der Waals surface area contributed by atoms with E-state index < -0.39 is 11.3 Å². The lowest BCUT2D eigenvalue weighted by Crippen LogP contribution is -2.06. The zero-order valence-electron chi connectivity index (χ0n) is 6.71. The highest BCUT2D eigenvalue weighted by atomic mass is 79.9. The summed E-state index contributed by atoms with van der Waals surface area (Å²) in [4.78, 5) is 19.5. The maximum Gasteiger partial charge on any atom is 0.321 e. The first-order valence-corrected chi connectivity index (χ1v) is 4.51. The van der Waals surface area contributed by atoms with E-state index in [1.165, 1.54) is 14.0 Å². The average Bonchev–Trinajstić information content (AvgIpc) is 2.04. The summed E-state index contributed by atoms with van der Waals surface area (Å²) in [5.74, 6) is -1.22. The van der Waals surface area contributed by atoms with Crippen molar-refractivity contribution >= 4 is 39.5 Å². The van der Waals surface area contributed by atoms with Gasteiger partial charge < -0.3 is 9.84 Å². The molecule has 0 aromatic carbocycles. The van der Waals surface area contributed by atoms with Crippen molar-refractivity contribution < 1.29 is 19.4 Å². The van der Waals surface area contributed by atoms with Crippen LogP contribution >= 0.6 is 27.5 Å². The van der Waals surface area contributed by atoms with Crippen molar-refractivity contribution in [3.05, 3.63) is 0 Å². The lowest BCUT2D eigenvalue weighted by molar-refractivity contribution is -0.137. The summed E-state index contributed by atoms with van der Waals surface area (Å²) in [6.07, 6.45) is 0. The Morgan fingerprint density at radius 3 is 2.00 bits per heavy atom. The highest BCUT2D eigenvalue weighted by Gasteiger charge is 2.02. The Kier molecular flexibility index (Phi) is 10.5. The Morgan fingerprint density at radius 1 is 1.67 bits per heavy atom. The van der Waals surface area contributed by atoms with Crippen molar-refractivity contribution in [3.8, 4) is 0 Å². The molecule has 6 heteroatoms. The first-order chi connectivity index (χ1) is 5.45. The number of rotatable bonds is 2. The largest absolute Gasteiger partial charge is 0.480 e. The van der Waals surface area contributed by atoms with E-state index in [1.807, 2.05) is 0 Å². The van der Waals surface area contributed by atoms with Gasteiger partial charge in [0.25, 0.3) is 0 Å². The second kappa shape index (κ2) is 8.80. The number of ether oxygens (including phenoxy) is 1. The van der Waals surface area contributed by atoms with Crippen molar-refractivity contribution in [2.75, 3.05) is 12.4 Å². The lowest BCUT2D eigenvalue weighted by atomic mass is 10.5. The molecule has 0 radical (unpaired) electrons. The first-order valence-electron chi connectivity index (χ1n) is 2.95. The summed E-state index contributed by atoms with van der Waals surface area (Å²) in [7, 11) is 1.35. The van der Waals surface area contributed by atoms with Crippen LogP contribution in [0.4, 0.5) is 0 Å². The fraction of sp³-hybridized carbons (Fsp3) is 0.667. The molecule has 4 nitrogen and oxygen atoms in total. The lowest BCUT2D eigenvalue weighted by Gasteiger charge is -1.86. The number of carboxylic acids is 1. The summed E-state index contributed by atoms with van der Waals surface area (Å²) in [6, 6.07) is 0. The molecule has 0 aliphatic carbocycles. The fourth-order valence-corrected chi connectivity index (χ4v) is 0.283. The van der Waals surface area contributed by atoms with E-state index >= 15 is 0 Å². The molecule has 12 heavy (non-hydrogen) atoms. The molecule has 1 unspecified atom stereocenters. The highest BCUT2D eigenvalue weighted by molar-refractivity contribution is 9.09. The van der Waals surface area contributed by atoms with E-state index in [4.69, 9.17) is 16.7 Å². The van der Waals surface area contributed by atoms with Crippen LogP contribution in [-0.4, -0.2) is 34.9 Å². The molecule has 0 spiro atoms. The maximum absolute atomic E-state index is 9.91. The third-order valence-corrected chi connectivity index (χ3v) is 1.32. The van der Waals surface area contributed by atoms with Crippen LogP contribution in [0, 0.1) is 0 Å². The van der Waals surface area contributed by atoms with Crippen LogP contribution in [-0.2, 0) is 14.3 Å². The Hall–Kier alpha value is -0.290. The summed E-state index contributed by atoms with van der Waals surface area (Å²) in [5.41, 5.74) is 0. The van der Waals surface area contributed by atoms with Gasteiger partial charge in [-0.3, -0.25) is 9.59 Å². The minimum atomic E-state index is -0.975. The van der Waals surface area contributed by atoms with Crippen molar-refractivity contribution in [3.63, 3.8) is 0 Å². The predicted octanol–water partition coefficient (Wildman–Crippen LogP) is 1.25. The Bertz CT molecular complexity index is 140. The number of aliphatic carboxylic acids is 1. The number of alkyl halides is 2. The SMILES string of the molecule is CC(Cl)C(=O)O.COC(=O)CBr. The number of esters is 1. The van der Waals surface area contributed by atoms with Gasteiger partial charge in [0, 0.05) is 0 Å². The topological polar surface area (TPSA) is 63.6 Å². The second-order valence-corrected chi connectivity index (χ2v) is 2.88. The van der Waals surface area contributed by atoms with Gasteiger partial charge in [0.15, 0.2) is 0 Å². The van der Waals surface area contributed by atoms with Crippen LogP contribution in [0.2, 0.25) is 0 Å². The summed E-state index contributed by atoms with van der Waals surface area (Å²) >= 11 is 7.91. The molecule has 0 heterocycles. The molecule has 0 saturated heterocycles. The Labute approximate surface area is 84.0 Å². The van der Waals surface area contributed by atoms with E-state index in [2.05, 4.69) is 20.7 Å². The summed E-state index contributed by atoms with van der Waals surface area (Å²) < 4.78 is 4.21. The van der Waals surface area contributed by atoms with E-state index in [-0.39, 0.29) is 11.3 Å². The van der Waals surface area contributed by atoms with Crippen molar-refractivity contribution in [1.82, 2.24) is 0 Å². The molecule has 1 N–H and O–H groups in total. The summed E-state index contributed by atoms with van der Waals surface area (Å²) in [6.45, 7) is 1.41. The third kappa shape index (κ3) is 12.4. The zero-order chi connectivity index (χ0) is 10.1. The molecular formula is C6H10BrClO4. The standard InChI is InChI=1S/C3H5BrO2.C3H5ClO2/c1-6-3(5)2-4;1-2(4)3(5)6/h2H2,1H3;2H,1H3,(H,5,6). The van der Waals surface area contributed by atoms with Gasteiger partial charge in [0.05, 0.1) is 7.11 Å². The van der Waals surface area contributed by atoms with Crippen LogP contribution in [0.1, 0.15) is 6.92 Å². The Morgan fingerprint density at radius 2 is 2.00 bits per heavy atom. The number of methoxy groups -OCH3 is 1. The molecule has 0 saturated carbocycles. The van der Waals surface area contributed by atoms with E-state index in [9.17, 15) is 9.59 Å². The third-order valence-electron chi connectivity index (χ3n) is 0.677. The van der Waals surface area contributed by atoms with Gasteiger partial charge in [-0.25, -0.2) is 0 Å². The van der Waals surface area contributed by atoms with E-state index in [1.54, 1.807) is 0 Å². The number of hydrogen-bond acceptors (Lipinski definition) is 3. The normalized spacial score (nSPS) is 10.7. The number of carbonyl (C=O) groups is 2. The molecule has 0 rings (SSSR count). The number of carboxylic acid groups (broad SMARTS) is 1. The number of hydrogen-bond donors (Lipinski definition) is 1. The molecule has 0 fully saturated rings. The van der Waals surface area contributed by atoms with Gasteiger partial charge in [-0.1, -0.05) is 15.9 Å². The Balaban J connectivity index is 0. The molecule has 0 amide bonds. The van der Waals surface area contributed by atoms with Crippen LogP contribution in [0.3, 0.4) is 0 Å². The van der Waals surface area contributed by atoms with E-state index in [0.29, 0.717) is 0 Å². The highest BCUT2D eigenvalue weighted by Crippen LogP contribution is 1.89. The van der Waals surface area contributed by atoms with Gasteiger partial charge in [-0.2, -0.15) is 0 Å². The summed E-state index contributed by atoms with van der Waals surface area (Å²) in [5, 5.41) is 7.38. The minimum absolute atomic E-state index is 0.241. The molecule has 0 aromatic heterocycles. The quantitative estimate of drug-likeness (QED) is 0.600. The van der Waals surface area contributed by atoms with E-state index in [0.717, 1.165) is 0 Å². The van der Waals surface area contributed by atoms with Crippen molar-refractivity contribution in [2.45, 2.75) is 12.3 Å². The van der Waals surface area contributed by atoms with Gasteiger partial charge in [-0.15, -0.1) is 11.6 Å². The van der Waals surface area contributed by atoms with Crippen LogP contribution < -0.4 is 0 Å². The predicted molar refractivity (Wildman–Crippen MR) is 48.8 cm³/mol. The minimum Gasteiger partial charge on any atom is -0.480 e. The van der Waals surface area contributed by atoms with Gasteiger partial charge >= 0.3 is 11.9 Å². The number of halogens is 2. The molecule has 0 aliphatic rings. The van der Waals surface area contributed by atoms with Crippen LogP contribution in [0.15, 0.2) is 0 Å². The second-order valence-electron chi connectivity index (χ2n) is 1.66. The maximum atomic E-state index is 9.91. The monoisotopic (exact) mass is 260 g/mol. The van der Waals surface area contributed by atoms with Crippen LogP contribution in [0.25, 0.3) is 0 Å². The average molecular weight is 261 g/mol. The van der Waals surface area contributed by atoms with Gasteiger partial charge in [0.1, 0.15) is 10.7 Å². The number of carbonyl (C=O) groups excluding carboxylic acids is 1. The van der Waals surface area contributed by atoms with Crippen LogP contribution in [0.5, 0.6) is 0 Å². The first kappa shape index (κ1) is 14.2. The van der Waals surface area contributed by atoms with Crippen molar-refractivity contribution in [2.24, 2.45) is 0 Å². The van der Waals surface area contributed by atoms with Crippen molar-refractivity contribution in [1.29, 1.82) is 0 Å². The molecule has 0 aliphatic heterocycles. The smallest absolute Gasteiger partial charge is 0.321 e. The van der Waals surface area contributed by atoms with Gasteiger partial charge in [-0.05, 0) is 6.92 Å². The molecular weight excluding hydrogens is 251 g/mol. The molecule has 0 bridgehead atoms. The fourth-order valence-electron chi connectivity index (χ4n) is 0.0546. The molecule has 0 aromatic rings. The van der Waals surface area contributed by atoms with Gasteiger partial charge in [0.2, 0.25) is 0 Å². The zero-order valence-corrected chi connectivity index (χ0v) is 9.05. The molecule has 1 atom stereocenters. The molecule has 72 valence electrons.